The maximum atomic E-state index is 12.4. The minimum absolute atomic E-state index is 0.138. The summed E-state index contributed by atoms with van der Waals surface area (Å²) in [4.78, 5) is 47.3. The predicted octanol–water partition coefficient (Wildman–Crippen LogP) is -1.47. The molecule has 218 valence electrons. The van der Waals surface area contributed by atoms with Gasteiger partial charge in [-0.1, -0.05) is 0 Å². The van der Waals surface area contributed by atoms with E-state index in [2.05, 4.69) is 9.29 Å². The van der Waals surface area contributed by atoms with Gasteiger partial charge in [-0.3, -0.25) is 23.4 Å². The molecule has 9 atom stereocenters. The molecule has 17 nitrogen and oxygen atoms in total. The van der Waals surface area contributed by atoms with Crippen molar-refractivity contribution in [3.63, 3.8) is 0 Å². The van der Waals surface area contributed by atoms with Crippen molar-refractivity contribution in [2.24, 2.45) is 0 Å². The van der Waals surface area contributed by atoms with Gasteiger partial charge in [0.25, 0.3) is 5.56 Å². The van der Waals surface area contributed by atoms with E-state index < -0.39 is 82.1 Å². The molecule has 2 aliphatic rings. The molecule has 6 N–H and O–H groups in total. The SMILES string of the molecule is Cc1cn([C@H]2C[C@H](O)[C@@H](COP(=O)(O)OP(=O)(O)O[C@H]3OC(C)(C)[C@@H](N(C)C)[C@@H](O)[C@H]3O)O2)c(=O)[nH]c1=O. The number of aryl methyl sites for hydroxylation is 1. The van der Waals surface area contributed by atoms with Crippen LogP contribution >= 0.6 is 15.6 Å². The van der Waals surface area contributed by atoms with Crippen LogP contribution in [0.25, 0.3) is 0 Å². The summed E-state index contributed by atoms with van der Waals surface area (Å²) < 4.78 is 50.5. The third-order valence-corrected chi connectivity index (χ3v) is 8.75. The first-order valence-electron chi connectivity index (χ1n) is 11.4. The van der Waals surface area contributed by atoms with Crippen LogP contribution in [0, 0.1) is 6.92 Å². The molecule has 3 rings (SSSR count). The number of hydrogen-bond donors (Lipinski definition) is 6. The summed E-state index contributed by atoms with van der Waals surface area (Å²) >= 11 is 0. The van der Waals surface area contributed by atoms with Crippen LogP contribution in [-0.2, 0) is 32.0 Å². The monoisotopic (exact) mass is 589 g/mol. The Labute approximate surface area is 216 Å². The fourth-order valence-corrected chi connectivity index (χ4v) is 6.67. The molecule has 0 bridgehead atoms. The van der Waals surface area contributed by atoms with Gasteiger partial charge < -0.3 is 39.5 Å². The smallest absolute Gasteiger partial charge is 0.390 e. The van der Waals surface area contributed by atoms with Crippen molar-refractivity contribution in [2.75, 3.05) is 20.7 Å². The molecule has 2 fully saturated rings. The maximum absolute atomic E-state index is 12.4. The predicted molar refractivity (Wildman–Crippen MR) is 127 cm³/mol. The van der Waals surface area contributed by atoms with Crippen LogP contribution in [0.1, 0.15) is 32.1 Å². The molecular formula is C19H33N3O14P2. The number of nitrogens with zero attached hydrogens (tertiary/aromatic N) is 2. The number of nitrogens with one attached hydrogen (secondary N) is 1. The number of likely N-dealkylation sites (N-methyl/N-ethyl adjacent to an activating group) is 1. The quantitative estimate of drug-likeness (QED) is 0.180. The minimum Gasteiger partial charge on any atom is -0.390 e. The number of phosphoric acid groups is 2. The second-order valence-electron chi connectivity index (χ2n) is 9.81. The molecule has 38 heavy (non-hydrogen) atoms. The summed E-state index contributed by atoms with van der Waals surface area (Å²) in [7, 11) is -7.51. The lowest BCUT2D eigenvalue weighted by atomic mass is 9.86. The second-order valence-corrected chi connectivity index (χ2v) is 12.8. The molecule has 2 saturated heterocycles. The lowest BCUT2D eigenvalue weighted by Gasteiger charge is -2.49. The number of hydrogen-bond acceptors (Lipinski definition) is 13. The normalized spacial score (nSPS) is 34.7. The Bertz CT molecular complexity index is 1220. The number of aliphatic hydroxyl groups is 3. The maximum Gasteiger partial charge on any atom is 0.483 e. The fourth-order valence-electron chi connectivity index (χ4n) is 4.52. The Morgan fingerprint density at radius 1 is 1.16 bits per heavy atom. The van der Waals surface area contributed by atoms with Crippen LogP contribution in [0.3, 0.4) is 0 Å². The van der Waals surface area contributed by atoms with Gasteiger partial charge in [-0.15, -0.1) is 0 Å². The van der Waals surface area contributed by atoms with Crippen LogP contribution in [-0.4, -0.2) is 103 Å². The van der Waals surface area contributed by atoms with E-state index in [1.54, 1.807) is 19.0 Å². The molecule has 0 radical (unpaired) electrons. The van der Waals surface area contributed by atoms with Crippen LogP contribution < -0.4 is 11.2 Å². The van der Waals surface area contributed by atoms with Crippen LogP contribution in [0.4, 0.5) is 0 Å². The van der Waals surface area contributed by atoms with Crippen molar-refractivity contribution < 1.29 is 57.1 Å². The summed E-state index contributed by atoms with van der Waals surface area (Å²) in [6, 6.07) is -0.735. The number of aromatic nitrogens is 2. The summed E-state index contributed by atoms with van der Waals surface area (Å²) in [6.07, 6.45) is -7.71. The Morgan fingerprint density at radius 2 is 1.79 bits per heavy atom. The topological polar surface area (TPSA) is 240 Å². The Morgan fingerprint density at radius 3 is 2.39 bits per heavy atom. The van der Waals surface area contributed by atoms with Crippen LogP contribution in [0.5, 0.6) is 0 Å². The summed E-state index contributed by atoms with van der Waals surface area (Å²) in [5, 5.41) is 31.0. The van der Waals surface area contributed by atoms with Gasteiger partial charge in [0.05, 0.1) is 24.4 Å². The number of aromatic amines is 1. The molecule has 0 spiro atoms. The highest BCUT2D eigenvalue weighted by atomic mass is 31.3. The summed E-state index contributed by atoms with van der Waals surface area (Å²) in [6.45, 7) is 3.72. The molecule has 19 heteroatoms. The molecule has 2 unspecified atom stereocenters. The molecule has 0 amide bonds. The molecule has 2 aliphatic heterocycles. The first-order chi connectivity index (χ1) is 17.3. The first-order valence-corrected chi connectivity index (χ1v) is 14.4. The van der Waals surface area contributed by atoms with E-state index >= 15 is 0 Å². The fraction of sp³-hybridized carbons (Fsp3) is 0.789. The number of H-pyrrole nitrogens is 1. The van der Waals surface area contributed by atoms with Gasteiger partial charge in [-0.2, -0.15) is 4.31 Å². The molecule has 1 aromatic heterocycles. The molecule has 0 aromatic carbocycles. The highest BCUT2D eigenvalue weighted by Gasteiger charge is 2.53. The summed E-state index contributed by atoms with van der Waals surface area (Å²) in [5.74, 6) is 0. The molecule has 3 heterocycles. The number of aliphatic hydroxyl groups excluding tert-OH is 3. The number of ether oxygens (including phenoxy) is 2. The van der Waals surface area contributed by atoms with Gasteiger partial charge >= 0.3 is 21.3 Å². The van der Waals surface area contributed by atoms with Gasteiger partial charge in [-0.05, 0) is 34.9 Å². The lowest BCUT2D eigenvalue weighted by molar-refractivity contribution is -0.289. The number of rotatable bonds is 9. The van der Waals surface area contributed by atoms with Crippen molar-refractivity contribution in [3.8, 4) is 0 Å². The van der Waals surface area contributed by atoms with E-state index in [-0.39, 0.29) is 12.0 Å². The zero-order chi connectivity index (χ0) is 28.8. The van der Waals surface area contributed by atoms with Gasteiger partial charge in [-0.25, -0.2) is 13.9 Å². The van der Waals surface area contributed by atoms with Crippen LogP contribution in [0.15, 0.2) is 15.8 Å². The third kappa shape index (κ3) is 7.06. The Balaban J connectivity index is 1.61. The van der Waals surface area contributed by atoms with Gasteiger partial charge in [0.15, 0.2) is 6.29 Å². The van der Waals surface area contributed by atoms with Crippen molar-refractivity contribution in [3.05, 3.63) is 32.6 Å². The molecular weight excluding hydrogens is 556 g/mol. The van der Waals surface area contributed by atoms with E-state index in [4.69, 9.17) is 18.5 Å². The molecule has 0 saturated carbocycles. The van der Waals surface area contributed by atoms with E-state index in [0.29, 0.717) is 0 Å². The second kappa shape index (κ2) is 11.3. The van der Waals surface area contributed by atoms with Gasteiger partial charge in [0, 0.05) is 18.2 Å². The number of phosphoric ester groups is 2. The van der Waals surface area contributed by atoms with E-state index in [9.17, 15) is 43.8 Å². The van der Waals surface area contributed by atoms with Crippen LogP contribution in [0.2, 0.25) is 0 Å². The third-order valence-electron chi connectivity index (χ3n) is 6.15. The van der Waals surface area contributed by atoms with E-state index in [0.717, 1.165) is 4.57 Å². The minimum atomic E-state index is -5.43. The average Bonchev–Trinajstić information content (AvgIpc) is 3.11. The lowest BCUT2D eigenvalue weighted by Crippen LogP contribution is -2.66. The summed E-state index contributed by atoms with van der Waals surface area (Å²) in [5.41, 5.74) is -2.38. The molecule has 0 aliphatic carbocycles. The average molecular weight is 589 g/mol. The van der Waals surface area contributed by atoms with Crippen molar-refractivity contribution in [1.29, 1.82) is 0 Å². The van der Waals surface area contributed by atoms with Crippen molar-refractivity contribution in [1.82, 2.24) is 14.5 Å². The highest BCUT2D eigenvalue weighted by molar-refractivity contribution is 7.61. The largest absolute Gasteiger partial charge is 0.483 e. The van der Waals surface area contributed by atoms with E-state index in [1.165, 1.54) is 27.0 Å². The van der Waals surface area contributed by atoms with Crippen molar-refractivity contribution in [2.45, 2.75) is 75.8 Å². The van der Waals surface area contributed by atoms with E-state index in [1.807, 2.05) is 0 Å². The molecule has 1 aromatic rings. The zero-order valence-electron chi connectivity index (χ0n) is 21.2. The zero-order valence-corrected chi connectivity index (χ0v) is 23.0. The Hall–Kier alpha value is -1.30. The standard InChI is InChI=1S/C19H33N3O14P2/c1-9-7-22(18(27)20-16(9)26)12-6-10(23)11(33-12)8-32-37(28,29)36-38(30,31)35-17-14(25)13(24)15(21(4)5)19(2,3)34-17/h7,10-15,17,23-25H,6,8H2,1-5H3,(H,28,29)(H,30,31)(H,20,26,27)/t10-,11+,12+,13-,14+,15-,17+/m0/s1. The van der Waals surface area contributed by atoms with Gasteiger partial charge in [0.2, 0.25) is 0 Å². The highest BCUT2D eigenvalue weighted by Crippen LogP contribution is 2.61. The Kier molecular flexibility index (Phi) is 9.28. The first kappa shape index (κ1) is 31.2. The van der Waals surface area contributed by atoms with Crippen molar-refractivity contribution >= 4 is 15.6 Å². The van der Waals surface area contributed by atoms with Gasteiger partial charge in [0.1, 0.15) is 24.5 Å².